The van der Waals surface area contributed by atoms with Gasteiger partial charge in [0.25, 0.3) is 11.8 Å². The van der Waals surface area contributed by atoms with Crippen molar-refractivity contribution in [1.29, 1.82) is 0 Å². The van der Waals surface area contributed by atoms with E-state index in [0.29, 0.717) is 0 Å². The summed E-state index contributed by atoms with van der Waals surface area (Å²) in [5.74, 6) is -0.610. The number of hydrogen-bond donors (Lipinski definition) is 2. The molecule has 0 aromatic rings. The molecule has 0 aromatic heterocycles. The van der Waals surface area contributed by atoms with Crippen LogP contribution in [0.1, 0.15) is 48.5 Å². The lowest BCUT2D eigenvalue weighted by Gasteiger charge is -2.30. The Morgan fingerprint density at radius 2 is 1.19 bits per heavy atom. The molecular weight excluding hydrogens is 356 g/mol. The summed E-state index contributed by atoms with van der Waals surface area (Å²) in [4.78, 5) is 43.9. The van der Waals surface area contributed by atoms with E-state index in [4.69, 9.17) is 15.3 Å². The van der Waals surface area contributed by atoms with E-state index in [1.165, 1.54) is 28.3 Å². The van der Waals surface area contributed by atoms with Gasteiger partial charge in [0.1, 0.15) is 11.1 Å². The summed E-state index contributed by atoms with van der Waals surface area (Å²) in [6, 6.07) is 0. The zero-order chi connectivity index (χ0) is 22.2. The number of carbonyl (C=O) groups is 3. The fraction of sp³-hybridized carbons (Fsp3) is 0.824. The van der Waals surface area contributed by atoms with Crippen LogP contribution in [-0.2, 0) is 24.0 Å². The molecule has 0 radical (unpaired) electrons. The van der Waals surface area contributed by atoms with Gasteiger partial charge in [-0.15, -0.1) is 0 Å². The second kappa shape index (κ2) is 10.4. The maximum absolute atomic E-state index is 11.8. The summed E-state index contributed by atoms with van der Waals surface area (Å²) in [6.45, 7) is 11.7. The van der Waals surface area contributed by atoms with Gasteiger partial charge in [-0.3, -0.25) is 19.3 Å². The Morgan fingerprint density at radius 3 is 1.44 bits per heavy atom. The van der Waals surface area contributed by atoms with Crippen molar-refractivity contribution in [3.8, 4) is 0 Å². The number of alkyl carbamates (subject to hydrolysis) is 1. The lowest BCUT2D eigenvalue weighted by Crippen LogP contribution is -2.55. The van der Waals surface area contributed by atoms with E-state index in [1.807, 2.05) is 0 Å². The number of carbonyl (C=O) groups excluding carboxylic acids is 3. The summed E-state index contributed by atoms with van der Waals surface area (Å²) in [6.07, 6.45) is -0.639. The summed E-state index contributed by atoms with van der Waals surface area (Å²) >= 11 is 0. The Kier molecular flexibility index (Phi) is 10.6. The van der Waals surface area contributed by atoms with Crippen LogP contribution in [0.15, 0.2) is 0 Å². The highest BCUT2D eigenvalue weighted by Gasteiger charge is 2.34. The summed E-state index contributed by atoms with van der Waals surface area (Å²) in [5, 5.41) is 4.66. The van der Waals surface area contributed by atoms with Crippen LogP contribution in [0.4, 0.5) is 4.79 Å². The first-order valence-corrected chi connectivity index (χ1v) is 8.33. The SMILES string of the molecule is CON(C)C(=O)C(C)(C)N.CON(C)C(=O)C(C)(C)NC(=O)OC(C)(C)C. The van der Waals surface area contributed by atoms with Gasteiger partial charge in [-0.25, -0.2) is 14.9 Å². The van der Waals surface area contributed by atoms with Gasteiger partial charge in [-0.1, -0.05) is 0 Å². The Balaban J connectivity index is 0. The maximum Gasteiger partial charge on any atom is 0.408 e. The van der Waals surface area contributed by atoms with E-state index < -0.39 is 22.8 Å². The summed E-state index contributed by atoms with van der Waals surface area (Å²) < 4.78 is 5.08. The van der Waals surface area contributed by atoms with Gasteiger partial charge in [0.2, 0.25) is 0 Å². The van der Waals surface area contributed by atoms with E-state index in [-0.39, 0.29) is 11.8 Å². The topological polar surface area (TPSA) is 123 Å². The van der Waals surface area contributed by atoms with Crippen LogP contribution in [-0.4, -0.2) is 73.0 Å². The number of likely N-dealkylation sites (N-methyl/N-ethyl adjacent to an activating group) is 2. The molecule has 0 aliphatic rings. The average molecular weight is 392 g/mol. The fourth-order valence-corrected chi connectivity index (χ4v) is 1.58. The largest absolute Gasteiger partial charge is 0.444 e. The zero-order valence-electron chi connectivity index (χ0n) is 18.4. The highest BCUT2D eigenvalue weighted by molar-refractivity contribution is 5.88. The molecule has 0 atom stereocenters. The molecule has 0 heterocycles. The van der Waals surface area contributed by atoms with Crippen LogP contribution < -0.4 is 11.1 Å². The summed E-state index contributed by atoms with van der Waals surface area (Å²) in [7, 11) is 5.79. The minimum absolute atomic E-state index is 0.241. The number of hydroxylamine groups is 4. The molecule has 0 aliphatic carbocycles. The number of nitrogens with one attached hydrogen (secondary N) is 1. The van der Waals surface area contributed by atoms with Crippen molar-refractivity contribution in [1.82, 2.24) is 15.4 Å². The normalized spacial score (nSPS) is 11.7. The molecule has 0 aromatic carbocycles. The Labute approximate surface area is 162 Å². The quantitative estimate of drug-likeness (QED) is 0.670. The van der Waals surface area contributed by atoms with Crippen molar-refractivity contribution >= 4 is 17.9 Å². The molecule has 0 aliphatic heterocycles. The zero-order valence-corrected chi connectivity index (χ0v) is 18.4. The first-order valence-electron chi connectivity index (χ1n) is 8.33. The fourth-order valence-electron chi connectivity index (χ4n) is 1.58. The Bertz CT molecular complexity index is 509. The van der Waals surface area contributed by atoms with Crippen LogP contribution >= 0.6 is 0 Å². The van der Waals surface area contributed by atoms with E-state index in [2.05, 4.69) is 10.2 Å². The molecule has 27 heavy (non-hydrogen) atoms. The molecule has 0 saturated carbocycles. The third-order valence-corrected chi connectivity index (χ3v) is 3.02. The van der Waals surface area contributed by atoms with Gasteiger partial charge in [0, 0.05) is 14.1 Å². The molecule has 3 amide bonds. The molecule has 3 N–H and O–H groups in total. The number of ether oxygens (including phenoxy) is 1. The van der Waals surface area contributed by atoms with Gasteiger partial charge < -0.3 is 15.8 Å². The second-order valence-electron chi connectivity index (χ2n) is 7.94. The number of amides is 3. The predicted octanol–water partition coefficient (Wildman–Crippen LogP) is 1.05. The molecule has 10 heteroatoms. The van der Waals surface area contributed by atoms with Crippen molar-refractivity contribution < 1.29 is 28.8 Å². The van der Waals surface area contributed by atoms with Gasteiger partial charge in [0.15, 0.2) is 0 Å². The highest BCUT2D eigenvalue weighted by atomic mass is 16.7. The Hall–Kier alpha value is -1.91. The third kappa shape index (κ3) is 11.4. The predicted molar refractivity (Wildman–Crippen MR) is 101 cm³/mol. The first-order chi connectivity index (χ1) is 11.9. The highest BCUT2D eigenvalue weighted by Crippen LogP contribution is 2.11. The van der Waals surface area contributed by atoms with Crippen molar-refractivity contribution in [2.24, 2.45) is 5.73 Å². The third-order valence-electron chi connectivity index (χ3n) is 3.02. The molecule has 0 unspecified atom stereocenters. The minimum Gasteiger partial charge on any atom is -0.444 e. The van der Waals surface area contributed by atoms with E-state index in [1.54, 1.807) is 48.5 Å². The number of hydrogen-bond acceptors (Lipinski definition) is 7. The molecule has 160 valence electrons. The number of rotatable bonds is 5. The molecule has 10 nitrogen and oxygen atoms in total. The minimum atomic E-state index is -1.09. The lowest BCUT2D eigenvalue weighted by molar-refractivity contribution is -0.174. The Morgan fingerprint density at radius 1 is 0.815 bits per heavy atom. The van der Waals surface area contributed by atoms with Crippen LogP contribution in [0.5, 0.6) is 0 Å². The van der Waals surface area contributed by atoms with Gasteiger partial charge in [-0.05, 0) is 48.5 Å². The van der Waals surface area contributed by atoms with E-state index in [9.17, 15) is 14.4 Å². The molecule has 0 fully saturated rings. The average Bonchev–Trinajstić information content (AvgIpc) is 2.48. The van der Waals surface area contributed by atoms with Gasteiger partial charge in [0.05, 0.1) is 19.8 Å². The van der Waals surface area contributed by atoms with Crippen molar-refractivity contribution in [2.45, 2.75) is 65.1 Å². The molecule has 0 spiro atoms. The number of nitrogens with two attached hydrogens (primary N) is 1. The van der Waals surface area contributed by atoms with Crippen LogP contribution in [0.25, 0.3) is 0 Å². The molecule has 0 rings (SSSR count). The number of nitrogens with zero attached hydrogens (tertiary/aromatic N) is 2. The van der Waals surface area contributed by atoms with Crippen LogP contribution in [0.3, 0.4) is 0 Å². The smallest absolute Gasteiger partial charge is 0.408 e. The summed E-state index contributed by atoms with van der Waals surface area (Å²) in [5.41, 5.74) is 2.94. The van der Waals surface area contributed by atoms with E-state index in [0.717, 1.165) is 10.1 Å². The van der Waals surface area contributed by atoms with Crippen molar-refractivity contribution in [3.63, 3.8) is 0 Å². The monoisotopic (exact) mass is 392 g/mol. The second-order valence-corrected chi connectivity index (χ2v) is 7.94. The molecular formula is C17H36N4O6. The first kappa shape index (κ1) is 27.3. The van der Waals surface area contributed by atoms with E-state index >= 15 is 0 Å². The standard InChI is InChI=1S/C11H22N2O4.C6H14N2O2/c1-10(2,3)17-9(15)12-11(4,5)8(14)13(6)16-7;1-6(2,7)5(9)8(3)10-4/h1-7H3,(H,12,15);7H2,1-4H3. The van der Waals surface area contributed by atoms with Crippen molar-refractivity contribution in [2.75, 3.05) is 28.3 Å². The molecule has 0 saturated heterocycles. The van der Waals surface area contributed by atoms with Gasteiger partial charge in [-0.2, -0.15) is 0 Å². The molecule has 0 bridgehead atoms. The van der Waals surface area contributed by atoms with Crippen LogP contribution in [0, 0.1) is 0 Å². The van der Waals surface area contributed by atoms with Crippen LogP contribution in [0.2, 0.25) is 0 Å². The van der Waals surface area contributed by atoms with Gasteiger partial charge >= 0.3 is 6.09 Å². The maximum atomic E-state index is 11.8. The van der Waals surface area contributed by atoms with Crippen molar-refractivity contribution in [3.05, 3.63) is 0 Å². The lowest BCUT2D eigenvalue weighted by atomic mass is 10.1.